The molecule has 1 aliphatic carbocycles. The van der Waals surface area contributed by atoms with Crippen LogP contribution in [-0.4, -0.2) is 41.7 Å². The van der Waals surface area contributed by atoms with E-state index in [2.05, 4.69) is 17.1 Å². The number of hydrogen-bond acceptors (Lipinski definition) is 3. The summed E-state index contributed by atoms with van der Waals surface area (Å²) < 4.78 is 13.2. The minimum Gasteiger partial charge on any atom is -0.393 e. The lowest BCUT2D eigenvalue weighted by molar-refractivity contribution is -0.124. The molecule has 0 spiro atoms. The van der Waals surface area contributed by atoms with E-state index in [1.165, 1.54) is 18.6 Å². The Morgan fingerprint density at radius 3 is 2.50 bits per heavy atom. The molecule has 1 aromatic rings. The Kier molecular flexibility index (Phi) is 6.65. The highest BCUT2D eigenvalue weighted by Crippen LogP contribution is 2.38. The third kappa shape index (κ3) is 5.04. The van der Waals surface area contributed by atoms with Crippen molar-refractivity contribution < 1.29 is 14.3 Å². The summed E-state index contributed by atoms with van der Waals surface area (Å²) in [6.07, 6.45) is 5.01. The largest absolute Gasteiger partial charge is 0.393 e. The first-order valence-corrected chi connectivity index (χ1v) is 10.0. The summed E-state index contributed by atoms with van der Waals surface area (Å²) in [5.41, 5.74) is 0.925. The minimum atomic E-state index is -0.275. The Labute approximate surface area is 155 Å². The van der Waals surface area contributed by atoms with Gasteiger partial charge in [-0.3, -0.25) is 4.79 Å². The van der Waals surface area contributed by atoms with E-state index in [1.54, 1.807) is 12.1 Å². The van der Waals surface area contributed by atoms with E-state index in [-0.39, 0.29) is 29.8 Å². The van der Waals surface area contributed by atoms with Crippen molar-refractivity contribution >= 4 is 5.91 Å². The fraction of sp³-hybridized carbons (Fsp3) is 0.667. The quantitative estimate of drug-likeness (QED) is 0.783. The third-order valence-corrected chi connectivity index (χ3v) is 5.89. The van der Waals surface area contributed by atoms with Gasteiger partial charge in [-0.25, -0.2) is 4.39 Å². The highest BCUT2D eigenvalue weighted by molar-refractivity contribution is 5.76. The van der Waals surface area contributed by atoms with Gasteiger partial charge in [0, 0.05) is 6.42 Å². The third-order valence-electron chi connectivity index (χ3n) is 5.89. The lowest BCUT2D eigenvalue weighted by Crippen LogP contribution is -2.42. The average molecular weight is 362 g/mol. The van der Waals surface area contributed by atoms with Crippen LogP contribution in [0.15, 0.2) is 24.3 Å². The van der Waals surface area contributed by atoms with Gasteiger partial charge in [-0.15, -0.1) is 0 Å². The summed E-state index contributed by atoms with van der Waals surface area (Å²) in [5.74, 6) is 0.482. The molecule has 1 saturated heterocycles. The molecule has 2 fully saturated rings. The normalized spacial score (nSPS) is 25.5. The van der Waals surface area contributed by atoms with Crippen LogP contribution in [0, 0.1) is 17.7 Å². The van der Waals surface area contributed by atoms with Crippen molar-refractivity contribution in [3.8, 4) is 0 Å². The molecule has 26 heavy (non-hydrogen) atoms. The number of aliphatic hydroxyl groups is 1. The molecule has 1 amide bonds. The van der Waals surface area contributed by atoms with Crippen LogP contribution in [0.4, 0.5) is 4.39 Å². The molecule has 1 atom stereocenters. The molecule has 0 bridgehead atoms. The first-order chi connectivity index (χ1) is 12.5. The molecule has 3 rings (SSSR count). The fourth-order valence-corrected chi connectivity index (χ4v) is 4.27. The Morgan fingerprint density at radius 2 is 1.92 bits per heavy atom. The molecule has 2 aliphatic rings. The predicted molar refractivity (Wildman–Crippen MR) is 100 cm³/mol. The summed E-state index contributed by atoms with van der Waals surface area (Å²) in [6, 6.07) is 6.23. The Morgan fingerprint density at radius 1 is 1.27 bits per heavy atom. The molecular formula is C21H31FN2O2. The van der Waals surface area contributed by atoms with Crippen molar-refractivity contribution in [3.05, 3.63) is 35.6 Å². The number of aliphatic hydroxyl groups excluding tert-OH is 1. The number of rotatable bonds is 7. The standard InChI is InChI=1S/C21H31FN2O2/c1-2-9-24-10-7-15(8-11-24)12-20(26)23-21(17-13-19(25)14-17)16-3-5-18(22)6-4-16/h3-6,15,17,19,21,25H,2,7-14H2,1H3,(H,23,26)/t17?,19?,21-/m0/s1. The number of carbonyl (C=O) groups excluding carboxylic acids is 1. The molecule has 1 aromatic carbocycles. The molecule has 0 unspecified atom stereocenters. The number of nitrogens with one attached hydrogen (secondary N) is 1. The van der Waals surface area contributed by atoms with Gasteiger partial charge < -0.3 is 15.3 Å². The second-order valence-electron chi connectivity index (χ2n) is 7.97. The fourth-order valence-electron chi connectivity index (χ4n) is 4.27. The summed E-state index contributed by atoms with van der Waals surface area (Å²) in [6.45, 7) is 5.52. The topological polar surface area (TPSA) is 52.6 Å². The van der Waals surface area contributed by atoms with Gasteiger partial charge in [0.2, 0.25) is 5.91 Å². The number of benzene rings is 1. The molecule has 1 saturated carbocycles. The van der Waals surface area contributed by atoms with Crippen LogP contribution < -0.4 is 5.32 Å². The van der Waals surface area contributed by atoms with Gasteiger partial charge in [0.05, 0.1) is 12.1 Å². The van der Waals surface area contributed by atoms with Gasteiger partial charge in [0.15, 0.2) is 0 Å². The van der Waals surface area contributed by atoms with Crippen molar-refractivity contribution in [1.82, 2.24) is 10.2 Å². The first-order valence-electron chi connectivity index (χ1n) is 10.0. The number of amides is 1. The zero-order valence-corrected chi connectivity index (χ0v) is 15.7. The van der Waals surface area contributed by atoms with Crippen LogP contribution in [-0.2, 0) is 4.79 Å². The maximum Gasteiger partial charge on any atom is 0.220 e. The number of likely N-dealkylation sites (tertiary alicyclic amines) is 1. The molecule has 1 aliphatic heterocycles. The van der Waals surface area contributed by atoms with E-state index in [1.807, 2.05) is 0 Å². The van der Waals surface area contributed by atoms with Crippen molar-refractivity contribution in [2.24, 2.45) is 11.8 Å². The first kappa shape index (κ1) is 19.3. The van der Waals surface area contributed by atoms with Crippen LogP contribution in [0.3, 0.4) is 0 Å². The van der Waals surface area contributed by atoms with Gasteiger partial charge in [-0.2, -0.15) is 0 Å². The minimum absolute atomic E-state index is 0.0784. The molecule has 5 heteroatoms. The zero-order chi connectivity index (χ0) is 18.5. The lowest BCUT2D eigenvalue weighted by atomic mass is 9.75. The van der Waals surface area contributed by atoms with Crippen LogP contribution in [0.2, 0.25) is 0 Å². The van der Waals surface area contributed by atoms with Gasteiger partial charge >= 0.3 is 0 Å². The maximum absolute atomic E-state index is 13.2. The van der Waals surface area contributed by atoms with Crippen molar-refractivity contribution in [2.45, 2.75) is 57.6 Å². The van der Waals surface area contributed by atoms with Crippen LogP contribution in [0.1, 0.15) is 57.1 Å². The Bertz CT molecular complexity index is 578. The molecule has 0 aromatic heterocycles. The van der Waals surface area contributed by atoms with E-state index in [4.69, 9.17) is 0 Å². The second-order valence-corrected chi connectivity index (χ2v) is 7.97. The van der Waals surface area contributed by atoms with Gasteiger partial charge in [0.25, 0.3) is 0 Å². The van der Waals surface area contributed by atoms with Crippen molar-refractivity contribution in [1.29, 1.82) is 0 Å². The van der Waals surface area contributed by atoms with Crippen LogP contribution in [0.5, 0.6) is 0 Å². The predicted octanol–water partition coefficient (Wildman–Crippen LogP) is 3.27. The second kappa shape index (κ2) is 8.96. The zero-order valence-electron chi connectivity index (χ0n) is 15.7. The van der Waals surface area contributed by atoms with E-state index >= 15 is 0 Å². The van der Waals surface area contributed by atoms with Crippen molar-refractivity contribution in [3.63, 3.8) is 0 Å². The van der Waals surface area contributed by atoms with E-state index in [0.29, 0.717) is 25.2 Å². The van der Waals surface area contributed by atoms with E-state index < -0.39 is 0 Å². The molecule has 2 N–H and O–H groups in total. The van der Waals surface area contributed by atoms with Crippen LogP contribution in [0.25, 0.3) is 0 Å². The SMILES string of the molecule is CCCN1CCC(CC(=O)N[C@@H](c2ccc(F)cc2)C2CC(O)C2)CC1. The monoisotopic (exact) mass is 362 g/mol. The highest BCUT2D eigenvalue weighted by atomic mass is 19.1. The summed E-state index contributed by atoms with van der Waals surface area (Å²) in [7, 11) is 0. The molecule has 1 heterocycles. The number of carbonyl (C=O) groups is 1. The molecular weight excluding hydrogens is 331 g/mol. The van der Waals surface area contributed by atoms with Gasteiger partial charge in [-0.05, 0) is 81.3 Å². The average Bonchev–Trinajstić information content (AvgIpc) is 2.60. The molecule has 144 valence electrons. The number of nitrogens with zero attached hydrogens (tertiary/aromatic N) is 1. The number of hydrogen-bond donors (Lipinski definition) is 2. The number of piperidine rings is 1. The summed E-state index contributed by atoms with van der Waals surface area (Å²) >= 11 is 0. The molecule has 4 nitrogen and oxygen atoms in total. The van der Waals surface area contributed by atoms with Gasteiger partial charge in [-0.1, -0.05) is 19.1 Å². The van der Waals surface area contributed by atoms with Crippen molar-refractivity contribution in [2.75, 3.05) is 19.6 Å². The smallest absolute Gasteiger partial charge is 0.220 e. The van der Waals surface area contributed by atoms with E-state index in [9.17, 15) is 14.3 Å². The van der Waals surface area contributed by atoms with E-state index in [0.717, 1.165) is 38.0 Å². The lowest BCUT2D eigenvalue weighted by Gasteiger charge is -2.38. The van der Waals surface area contributed by atoms with Crippen LogP contribution >= 0.6 is 0 Å². The maximum atomic E-state index is 13.2. The summed E-state index contributed by atoms with van der Waals surface area (Å²) in [5, 5.41) is 12.8. The molecule has 0 radical (unpaired) electrons. The number of halogens is 1. The van der Waals surface area contributed by atoms with Gasteiger partial charge in [0.1, 0.15) is 5.82 Å². The Balaban J connectivity index is 1.55. The highest BCUT2D eigenvalue weighted by Gasteiger charge is 2.36. The Hall–Kier alpha value is -1.46. The summed E-state index contributed by atoms with van der Waals surface area (Å²) in [4.78, 5) is 15.1.